The smallest absolute Gasteiger partial charge is 0.294 e. The Morgan fingerprint density at radius 2 is 2.13 bits per heavy atom. The molecule has 1 aromatic carbocycles. The normalized spacial score (nSPS) is 14.5. The number of ether oxygens (including phenoxy) is 1. The van der Waals surface area contributed by atoms with Crippen LogP contribution < -0.4 is 15.4 Å². The van der Waals surface area contributed by atoms with Crippen LogP contribution in [0.25, 0.3) is 0 Å². The van der Waals surface area contributed by atoms with Gasteiger partial charge in [0.2, 0.25) is 5.91 Å². The minimum atomic E-state index is -0.883. The van der Waals surface area contributed by atoms with Crippen molar-refractivity contribution in [1.82, 2.24) is 10.6 Å². The molecule has 172 valence electrons. The number of benzene rings is 1. The number of hydrogen-bond donors (Lipinski definition) is 3. The molecule has 0 spiro atoms. The Bertz CT molecular complexity index is 782. The van der Waals surface area contributed by atoms with Gasteiger partial charge < -0.3 is 25.3 Å². The minimum Gasteiger partial charge on any atom is -0.491 e. The summed E-state index contributed by atoms with van der Waals surface area (Å²) in [5.74, 6) is 0.536. The molecule has 1 unspecified atom stereocenters. The van der Waals surface area contributed by atoms with Crippen LogP contribution in [0.2, 0.25) is 0 Å². The van der Waals surface area contributed by atoms with E-state index < -0.39 is 16.7 Å². The van der Waals surface area contributed by atoms with Crippen molar-refractivity contribution in [3.63, 3.8) is 0 Å². The van der Waals surface area contributed by atoms with Crippen LogP contribution in [0, 0.1) is 10.1 Å². The first-order valence-electron chi connectivity index (χ1n) is 10.4. The van der Waals surface area contributed by atoms with Gasteiger partial charge in [-0.2, -0.15) is 0 Å². The molecule has 1 atom stereocenters. The van der Waals surface area contributed by atoms with E-state index in [1.807, 2.05) is 26.0 Å². The number of aliphatic hydroxyl groups excluding tert-OH is 1. The van der Waals surface area contributed by atoms with Gasteiger partial charge in [-0.05, 0) is 39.2 Å². The Hall–Kier alpha value is -2.72. The molecule has 3 N–H and O–H groups in total. The summed E-state index contributed by atoms with van der Waals surface area (Å²) in [6, 6.07) is 5.42. The number of Topliss-reactive ketones (excluding diaryl/α,β-unsaturated/α-hetero) is 1. The molecule has 1 aliphatic rings. The van der Waals surface area contributed by atoms with Gasteiger partial charge in [-0.15, -0.1) is 10.1 Å². The van der Waals surface area contributed by atoms with E-state index >= 15 is 0 Å². The summed E-state index contributed by atoms with van der Waals surface area (Å²) in [7, 11) is 0. The summed E-state index contributed by atoms with van der Waals surface area (Å²) in [5, 5.41) is 25.4. The number of nitrogens with one attached hydrogen (secondary N) is 2. The fourth-order valence-electron chi connectivity index (χ4n) is 3.26. The van der Waals surface area contributed by atoms with Crippen LogP contribution in [0.1, 0.15) is 55.5 Å². The van der Waals surface area contributed by atoms with Gasteiger partial charge in [0.05, 0.1) is 6.61 Å². The molecule has 0 bridgehead atoms. The van der Waals surface area contributed by atoms with Crippen molar-refractivity contribution < 1.29 is 29.4 Å². The molecule has 0 radical (unpaired) electrons. The summed E-state index contributed by atoms with van der Waals surface area (Å²) in [6.45, 7) is 4.31. The lowest BCUT2D eigenvalue weighted by Gasteiger charge is -2.28. The highest BCUT2D eigenvalue weighted by atomic mass is 16.9. The average Bonchev–Trinajstić information content (AvgIpc) is 2.73. The third-order valence-corrected chi connectivity index (χ3v) is 4.98. The molecule has 0 fully saturated rings. The molecule has 1 aromatic rings. The van der Waals surface area contributed by atoms with Crippen LogP contribution >= 0.6 is 0 Å². The molecule has 0 saturated carbocycles. The average molecular weight is 437 g/mol. The van der Waals surface area contributed by atoms with Gasteiger partial charge in [0.15, 0.2) is 5.78 Å². The Morgan fingerprint density at radius 3 is 2.87 bits per heavy atom. The van der Waals surface area contributed by atoms with Gasteiger partial charge in [-0.3, -0.25) is 9.59 Å². The number of carbonyl (C=O) groups excluding carboxylic acids is 2. The number of ketones is 1. The molecular formula is C21H31N3O7. The fraction of sp³-hybridized carbons (Fsp3) is 0.619. The van der Waals surface area contributed by atoms with Crippen LogP contribution in [-0.4, -0.2) is 59.8 Å². The van der Waals surface area contributed by atoms with Gasteiger partial charge in [0.25, 0.3) is 5.09 Å². The van der Waals surface area contributed by atoms with E-state index in [-0.39, 0.29) is 44.3 Å². The van der Waals surface area contributed by atoms with Crippen molar-refractivity contribution in [2.24, 2.45) is 0 Å². The lowest BCUT2D eigenvalue weighted by molar-refractivity contribution is -0.757. The zero-order valence-electron chi connectivity index (χ0n) is 18.0. The van der Waals surface area contributed by atoms with Crippen molar-refractivity contribution in [2.45, 2.75) is 57.6 Å². The summed E-state index contributed by atoms with van der Waals surface area (Å²) in [4.78, 5) is 38.1. The van der Waals surface area contributed by atoms with Gasteiger partial charge >= 0.3 is 0 Å². The van der Waals surface area contributed by atoms with Crippen molar-refractivity contribution in [2.75, 3.05) is 26.3 Å². The standard InChI is InChI=1S/C21H31N3O7/c1-21(2,14-22-20(27)10-5-11-31-24(28)29)23-12-15(25)13-30-19-9-4-6-16-17(19)7-3-8-18(16)26/h4,6,9,15,23,25H,3,5,7-8,10-14H2,1-2H3,(H,22,27). The van der Waals surface area contributed by atoms with Crippen LogP contribution in [-0.2, 0) is 16.1 Å². The number of amides is 1. The van der Waals surface area contributed by atoms with Crippen molar-refractivity contribution >= 4 is 11.7 Å². The van der Waals surface area contributed by atoms with E-state index in [0.717, 1.165) is 18.4 Å². The summed E-state index contributed by atoms with van der Waals surface area (Å²) in [6.07, 6.45) is 1.76. The number of aliphatic hydroxyl groups is 1. The topological polar surface area (TPSA) is 140 Å². The van der Waals surface area contributed by atoms with Crippen LogP contribution in [0.15, 0.2) is 18.2 Å². The molecule has 0 aliphatic heterocycles. The number of nitrogens with zero attached hydrogens (tertiary/aromatic N) is 1. The van der Waals surface area contributed by atoms with Crippen molar-refractivity contribution in [1.29, 1.82) is 0 Å². The molecular weight excluding hydrogens is 406 g/mol. The van der Waals surface area contributed by atoms with Crippen molar-refractivity contribution in [3.05, 3.63) is 39.4 Å². The molecule has 0 heterocycles. The molecule has 10 heteroatoms. The van der Waals surface area contributed by atoms with Gasteiger partial charge in [0.1, 0.15) is 18.5 Å². The second kappa shape index (κ2) is 11.6. The fourth-order valence-corrected chi connectivity index (χ4v) is 3.26. The van der Waals surface area contributed by atoms with Gasteiger partial charge in [-0.1, -0.05) is 12.1 Å². The predicted octanol–water partition coefficient (Wildman–Crippen LogP) is 1.42. The Morgan fingerprint density at radius 1 is 1.35 bits per heavy atom. The van der Waals surface area contributed by atoms with E-state index in [0.29, 0.717) is 24.3 Å². The van der Waals surface area contributed by atoms with E-state index in [9.17, 15) is 24.8 Å². The molecule has 2 rings (SSSR count). The highest BCUT2D eigenvalue weighted by Gasteiger charge is 2.22. The zero-order chi connectivity index (χ0) is 22.9. The number of β-amino-alcohol motifs (C(OH)–C–C–N with tert-alkyl or cyclic N) is 1. The highest BCUT2D eigenvalue weighted by molar-refractivity contribution is 5.99. The molecule has 1 amide bonds. The Labute approximate surface area is 181 Å². The summed E-state index contributed by atoms with van der Waals surface area (Å²) >= 11 is 0. The largest absolute Gasteiger partial charge is 0.491 e. The van der Waals surface area contributed by atoms with E-state index in [2.05, 4.69) is 15.5 Å². The van der Waals surface area contributed by atoms with Crippen LogP contribution in [0.5, 0.6) is 5.75 Å². The van der Waals surface area contributed by atoms with E-state index in [1.54, 1.807) is 6.07 Å². The number of hydrogen-bond acceptors (Lipinski definition) is 8. The third kappa shape index (κ3) is 8.50. The molecule has 0 saturated heterocycles. The third-order valence-electron chi connectivity index (χ3n) is 4.98. The molecule has 31 heavy (non-hydrogen) atoms. The zero-order valence-corrected chi connectivity index (χ0v) is 18.0. The van der Waals surface area contributed by atoms with E-state index in [4.69, 9.17) is 4.74 Å². The van der Waals surface area contributed by atoms with Crippen molar-refractivity contribution in [3.8, 4) is 5.75 Å². The molecule has 10 nitrogen and oxygen atoms in total. The number of rotatable bonds is 13. The second-order valence-corrected chi connectivity index (χ2v) is 8.23. The number of carbonyl (C=O) groups is 2. The maximum Gasteiger partial charge on any atom is 0.294 e. The lowest BCUT2D eigenvalue weighted by Crippen LogP contribution is -2.51. The molecule has 0 aromatic heterocycles. The lowest BCUT2D eigenvalue weighted by atomic mass is 9.90. The monoisotopic (exact) mass is 437 g/mol. The Kier molecular flexibility index (Phi) is 9.20. The summed E-state index contributed by atoms with van der Waals surface area (Å²) < 4.78 is 5.78. The van der Waals surface area contributed by atoms with Crippen LogP contribution in [0.4, 0.5) is 0 Å². The van der Waals surface area contributed by atoms with E-state index in [1.165, 1.54) is 0 Å². The van der Waals surface area contributed by atoms with Gasteiger partial charge in [0, 0.05) is 42.6 Å². The first-order chi connectivity index (χ1) is 14.7. The van der Waals surface area contributed by atoms with Crippen LogP contribution in [0.3, 0.4) is 0 Å². The first kappa shape index (κ1) is 24.5. The first-order valence-corrected chi connectivity index (χ1v) is 10.4. The predicted molar refractivity (Wildman–Crippen MR) is 112 cm³/mol. The summed E-state index contributed by atoms with van der Waals surface area (Å²) in [5.41, 5.74) is 1.13. The maximum absolute atomic E-state index is 12.0. The molecule has 1 aliphatic carbocycles. The van der Waals surface area contributed by atoms with Gasteiger partial charge in [-0.25, -0.2) is 0 Å². The SMILES string of the molecule is CC(C)(CNC(=O)CCCO[N+](=O)[O-])NCC(O)COc1cccc2c1CCCC2=O. The second-order valence-electron chi connectivity index (χ2n) is 8.23. The maximum atomic E-state index is 12.0. The Balaban J connectivity index is 1.70. The quantitative estimate of drug-likeness (QED) is 0.239. The minimum absolute atomic E-state index is 0.0799. The number of fused-ring (bicyclic) bond motifs is 1. The highest BCUT2D eigenvalue weighted by Crippen LogP contribution is 2.29.